The average Bonchev–Trinajstić information content (AvgIpc) is 2.58. The van der Waals surface area contributed by atoms with E-state index in [9.17, 15) is 4.79 Å². The van der Waals surface area contributed by atoms with Gasteiger partial charge in [-0.15, -0.1) is 0 Å². The monoisotopic (exact) mass is 295 g/mol. The molecule has 1 N–H and O–H groups in total. The molecule has 0 aliphatic carbocycles. The molecule has 1 heterocycles. The molecule has 2 aromatic carbocycles. The number of hydrogen-bond acceptors (Lipinski definition) is 2. The fourth-order valence-corrected chi connectivity index (χ4v) is 3.24. The molecule has 0 spiro atoms. The molecule has 22 heavy (non-hydrogen) atoms. The number of piperidine rings is 1. The zero-order valence-corrected chi connectivity index (χ0v) is 12.8. The lowest BCUT2D eigenvalue weighted by molar-refractivity contribution is -0.123. The average molecular weight is 295 g/mol. The van der Waals surface area contributed by atoms with E-state index in [0.717, 1.165) is 18.6 Å². The van der Waals surface area contributed by atoms with E-state index in [0.29, 0.717) is 13.0 Å². The third kappa shape index (κ3) is 2.98. The van der Waals surface area contributed by atoms with Crippen LogP contribution in [0.25, 0.3) is 0 Å². The highest BCUT2D eigenvalue weighted by molar-refractivity contribution is 5.77. The second kappa shape index (κ2) is 6.22. The third-order valence-corrected chi connectivity index (χ3v) is 4.52. The molecule has 114 valence electrons. The van der Waals surface area contributed by atoms with E-state index >= 15 is 0 Å². The molecule has 1 unspecified atom stereocenters. The van der Waals surface area contributed by atoms with Gasteiger partial charge < -0.3 is 10.1 Å². The molecule has 3 heteroatoms. The molecule has 0 radical (unpaired) electrons. The summed E-state index contributed by atoms with van der Waals surface area (Å²) < 4.78 is 5.37. The van der Waals surface area contributed by atoms with Crippen molar-refractivity contribution in [1.82, 2.24) is 5.32 Å². The summed E-state index contributed by atoms with van der Waals surface area (Å²) in [4.78, 5) is 11.6. The predicted molar refractivity (Wildman–Crippen MR) is 87.1 cm³/mol. The summed E-state index contributed by atoms with van der Waals surface area (Å²) in [7, 11) is 1.69. The number of nitrogens with one attached hydrogen (secondary N) is 1. The molecule has 0 bridgehead atoms. The molecule has 0 aromatic heterocycles. The minimum atomic E-state index is -0.0657. The van der Waals surface area contributed by atoms with Crippen LogP contribution in [0.4, 0.5) is 0 Å². The quantitative estimate of drug-likeness (QED) is 0.941. The van der Waals surface area contributed by atoms with Gasteiger partial charge in [0.25, 0.3) is 0 Å². The lowest BCUT2D eigenvalue weighted by Crippen LogP contribution is -2.47. The number of methoxy groups -OCH3 is 1. The van der Waals surface area contributed by atoms with Gasteiger partial charge in [-0.1, -0.05) is 42.5 Å². The van der Waals surface area contributed by atoms with Crippen molar-refractivity contribution >= 4 is 5.91 Å². The first kappa shape index (κ1) is 14.6. The summed E-state index contributed by atoms with van der Waals surface area (Å²) in [6.45, 7) is 0.674. The van der Waals surface area contributed by atoms with Gasteiger partial charge in [-0.25, -0.2) is 0 Å². The first-order valence-electron chi connectivity index (χ1n) is 7.67. The van der Waals surface area contributed by atoms with Gasteiger partial charge in [-0.05, 0) is 36.1 Å². The maximum absolute atomic E-state index is 11.6. The highest BCUT2D eigenvalue weighted by atomic mass is 16.5. The Morgan fingerprint density at radius 1 is 1.14 bits per heavy atom. The standard InChI is InChI=1S/C19H21NO2/c1-22-17-9-5-8-16(12-17)19(11-10-18(21)20-14-19)13-15-6-3-2-4-7-15/h2-9,12H,10-11,13-14H2,1H3,(H,20,21). The van der Waals surface area contributed by atoms with Crippen LogP contribution < -0.4 is 10.1 Å². The molecule has 2 aromatic rings. The highest BCUT2D eigenvalue weighted by Crippen LogP contribution is 2.36. The van der Waals surface area contributed by atoms with E-state index in [-0.39, 0.29) is 11.3 Å². The second-order valence-electron chi connectivity index (χ2n) is 5.95. The molecular weight excluding hydrogens is 274 g/mol. The smallest absolute Gasteiger partial charge is 0.220 e. The van der Waals surface area contributed by atoms with Crippen molar-refractivity contribution in [3.05, 3.63) is 65.7 Å². The second-order valence-corrected chi connectivity index (χ2v) is 5.95. The van der Waals surface area contributed by atoms with Crippen molar-refractivity contribution in [3.63, 3.8) is 0 Å². The van der Waals surface area contributed by atoms with Gasteiger partial charge in [0.2, 0.25) is 5.91 Å². The van der Waals surface area contributed by atoms with Gasteiger partial charge in [-0.2, -0.15) is 0 Å². The molecule has 3 rings (SSSR count). The fraction of sp³-hybridized carbons (Fsp3) is 0.316. The maximum Gasteiger partial charge on any atom is 0.220 e. The summed E-state index contributed by atoms with van der Waals surface area (Å²) in [6.07, 6.45) is 2.35. The SMILES string of the molecule is COc1cccc(C2(Cc3ccccc3)CCC(=O)NC2)c1. The normalized spacial score (nSPS) is 21.2. The molecule has 0 saturated carbocycles. The zero-order valence-electron chi connectivity index (χ0n) is 12.8. The van der Waals surface area contributed by atoms with Crippen LogP contribution in [-0.2, 0) is 16.6 Å². The Morgan fingerprint density at radius 3 is 2.64 bits per heavy atom. The predicted octanol–water partition coefficient (Wildman–Crippen LogP) is 3.09. The summed E-state index contributed by atoms with van der Waals surface area (Å²) in [5.74, 6) is 1.01. The van der Waals surface area contributed by atoms with Gasteiger partial charge >= 0.3 is 0 Å². The van der Waals surface area contributed by atoms with E-state index in [4.69, 9.17) is 4.74 Å². The third-order valence-electron chi connectivity index (χ3n) is 4.52. The first-order chi connectivity index (χ1) is 10.7. The molecule has 1 amide bonds. The van der Waals surface area contributed by atoms with Crippen LogP contribution in [0.1, 0.15) is 24.0 Å². The summed E-state index contributed by atoms with van der Waals surface area (Å²) >= 11 is 0. The molecule has 1 aliphatic rings. The number of hydrogen-bond donors (Lipinski definition) is 1. The molecule has 1 atom stereocenters. The lowest BCUT2D eigenvalue weighted by Gasteiger charge is -2.38. The minimum absolute atomic E-state index is 0.0657. The topological polar surface area (TPSA) is 38.3 Å². The zero-order chi connectivity index (χ0) is 15.4. The van der Waals surface area contributed by atoms with Crippen LogP contribution in [0.15, 0.2) is 54.6 Å². The minimum Gasteiger partial charge on any atom is -0.497 e. The van der Waals surface area contributed by atoms with Crippen LogP contribution in [-0.4, -0.2) is 19.6 Å². The Morgan fingerprint density at radius 2 is 1.95 bits per heavy atom. The van der Waals surface area contributed by atoms with Crippen molar-refractivity contribution in [3.8, 4) is 5.75 Å². The Hall–Kier alpha value is -2.29. The molecule has 1 aliphatic heterocycles. The Kier molecular flexibility index (Phi) is 4.14. The van der Waals surface area contributed by atoms with Crippen molar-refractivity contribution in [2.75, 3.05) is 13.7 Å². The van der Waals surface area contributed by atoms with Crippen molar-refractivity contribution in [2.24, 2.45) is 0 Å². The van der Waals surface area contributed by atoms with E-state index in [1.807, 2.05) is 18.2 Å². The molecule has 3 nitrogen and oxygen atoms in total. The van der Waals surface area contributed by atoms with E-state index in [1.54, 1.807) is 7.11 Å². The van der Waals surface area contributed by atoms with Crippen molar-refractivity contribution < 1.29 is 9.53 Å². The largest absolute Gasteiger partial charge is 0.497 e. The summed E-state index contributed by atoms with van der Waals surface area (Å²) in [5, 5.41) is 3.05. The lowest BCUT2D eigenvalue weighted by atomic mass is 9.70. The van der Waals surface area contributed by atoms with Crippen LogP contribution in [0.2, 0.25) is 0 Å². The van der Waals surface area contributed by atoms with Crippen LogP contribution in [0, 0.1) is 0 Å². The highest BCUT2D eigenvalue weighted by Gasteiger charge is 2.36. The van der Waals surface area contributed by atoms with Gasteiger partial charge in [-0.3, -0.25) is 4.79 Å². The van der Waals surface area contributed by atoms with E-state index in [1.165, 1.54) is 11.1 Å². The number of carbonyl (C=O) groups is 1. The molecular formula is C19H21NO2. The summed E-state index contributed by atoms with van der Waals surface area (Å²) in [6, 6.07) is 18.7. The van der Waals surface area contributed by atoms with Crippen molar-refractivity contribution in [2.45, 2.75) is 24.7 Å². The van der Waals surface area contributed by atoms with Crippen LogP contribution >= 0.6 is 0 Å². The van der Waals surface area contributed by atoms with Crippen LogP contribution in [0.5, 0.6) is 5.75 Å². The van der Waals surface area contributed by atoms with Gasteiger partial charge in [0.1, 0.15) is 5.75 Å². The Balaban J connectivity index is 1.97. The molecule has 1 saturated heterocycles. The number of carbonyl (C=O) groups excluding carboxylic acids is 1. The Labute approximate surface area is 131 Å². The van der Waals surface area contributed by atoms with Crippen LogP contribution in [0.3, 0.4) is 0 Å². The number of ether oxygens (including phenoxy) is 1. The first-order valence-corrected chi connectivity index (χ1v) is 7.67. The fourth-order valence-electron chi connectivity index (χ4n) is 3.24. The van der Waals surface area contributed by atoms with E-state index < -0.39 is 0 Å². The molecule has 1 fully saturated rings. The number of rotatable bonds is 4. The number of amides is 1. The van der Waals surface area contributed by atoms with Gasteiger partial charge in [0.05, 0.1) is 7.11 Å². The summed E-state index contributed by atoms with van der Waals surface area (Å²) in [5.41, 5.74) is 2.46. The van der Waals surface area contributed by atoms with Gasteiger partial charge in [0, 0.05) is 18.4 Å². The maximum atomic E-state index is 11.6. The Bertz CT molecular complexity index is 641. The van der Waals surface area contributed by atoms with E-state index in [2.05, 4.69) is 41.7 Å². The van der Waals surface area contributed by atoms with Crippen molar-refractivity contribution in [1.29, 1.82) is 0 Å². The van der Waals surface area contributed by atoms with Gasteiger partial charge in [0.15, 0.2) is 0 Å². The number of benzene rings is 2.